The molecule has 0 aliphatic rings. The summed E-state index contributed by atoms with van der Waals surface area (Å²) in [5.74, 6) is -1.68. The van der Waals surface area contributed by atoms with Gasteiger partial charge in [-0.2, -0.15) is 0 Å². The molecule has 0 aliphatic heterocycles. The van der Waals surface area contributed by atoms with E-state index in [2.05, 4.69) is 13.8 Å². The molecule has 0 aromatic rings. The predicted octanol–water partition coefficient (Wildman–Crippen LogP) is 4.48. The van der Waals surface area contributed by atoms with Crippen LogP contribution in [-0.4, -0.2) is 23.1 Å². The maximum absolute atomic E-state index is 11.6. The van der Waals surface area contributed by atoms with Gasteiger partial charge in [0.15, 0.2) is 0 Å². The molecule has 0 aliphatic carbocycles. The Morgan fingerprint density at radius 3 is 2.00 bits per heavy atom. The summed E-state index contributed by atoms with van der Waals surface area (Å²) < 4.78 is 5.36. The Balaban J connectivity index is 4.11. The zero-order valence-electron chi connectivity index (χ0n) is 13.5. The summed E-state index contributed by atoms with van der Waals surface area (Å²) in [5.41, 5.74) is 0. The van der Waals surface area contributed by atoms with E-state index in [1.54, 1.807) is 0 Å². The maximum atomic E-state index is 11.6. The highest BCUT2D eigenvalue weighted by molar-refractivity contribution is 5.90. The average molecular weight is 298 g/mol. The number of ether oxygens (including phenoxy) is 1. The van der Waals surface area contributed by atoms with Crippen molar-refractivity contribution in [3.63, 3.8) is 0 Å². The van der Waals surface area contributed by atoms with Gasteiger partial charge in [0.25, 0.3) is 0 Å². The van der Waals surface area contributed by atoms with Crippen molar-refractivity contribution in [2.75, 3.05) is 0 Å². The summed E-state index contributed by atoms with van der Waals surface area (Å²) in [5, 5.41) is 8.50. The molecule has 122 valence electrons. The number of carbonyl (C=O) groups is 2. The summed E-state index contributed by atoms with van der Waals surface area (Å²) in [6, 6.07) is 0. The molecular weight excluding hydrogens is 268 g/mol. The van der Waals surface area contributed by atoms with Crippen LogP contribution in [0.15, 0.2) is 12.2 Å². The van der Waals surface area contributed by atoms with Crippen molar-refractivity contribution in [2.24, 2.45) is 0 Å². The number of carboxylic acids is 1. The minimum Gasteiger partial charge on any atom is -0.478 e. The van der Waals surface area contributed by atoms with E-state index in [1.807, 2.05) is 0 Å². The van der Waals surface area contributed by atoms with Crippen LogP contribution in [0.1, 0.15) is 78.1 Å². The molecule has 0 fully saturated rings. The molecule has 1 unspecified atom stereocenters. The molecule has 21 heavy (non-hydrogen) atoms. The number of hydrogen-bond donors (Lipinski definition) is 1. The summed E-state index contributed by atoms with van der Waals surface area (Å²) in [6.07, 6.45) is 12.7. The normalized spacial score (nSPS) is 12.5. The lowest BCUT2D eigenvalue weighted by Crippen LogP contribution is -2.17. The molecule has 1 N–H and O–H groups in total. The first-order chi connectivity index (χ1) is 10.1. The van der Waals surface area contributed by atoms with E-state index in [4.69, 9.17) is 9.84 Å². The highest BCUT2D eigenvalue weighted by atomic mass is 16.5. The molecule has 0 rings (SSSR count). The van der Waals surface area contributed by atoms with Crippen LogP contribution in [0.25, 0.3) is 0 Å². The highest BCUT2D eigenvalue weighted by Gasteiger charge is 2.12. The summed E-state index contributed by atoms with van der Waals surface area (Å²) in [7, 11) is 0. The van der Waals surface area contributed by atoms with Crippen LogP contribution in [0.3, 0.4) is 0 Å². The Kier molecular flexibility index (Phi) is 12.8. The summed E-state index contributed by atoms with van der Waals surface area (Å²) in [4.78, 5) is 21.9. The Morgan fingerprint density at radius 1 is 0.905 bits per heavy atom. The monoisotopic (exact) mass is 298 g/mol. The van der Waals surface area contributed by atoms with E-state index in [-0.39, 0.29) is 6.10 Å². The molecule has 4 nitrogen and oxygen atoms in total. The van der Waals surface area contributed by atoms with Crippen LogP contribution in [0.4, 0.5) is 0 Å². The first kappa shape index (κ1) is 19.7. The molecule has 0 bridgehead atoms. The van der Waals surface area contributed by atoms with Crippen molar-refractivity contribution < 1.29 is 19.4 Å². The van der Waals surface area contributed by atoms with Crippen molar-refractivity contribution in [1.82, 2.24) is 0 Å². The second-order valence-electron chi connectivity index (χ2n) is 5.43. The second kappa shape index (κ2) is 13.7. The maximum Gasteiger partial charge on any atom is 0.331 e. The van der Waals surface area contributed by atoms with Crippen molar-refractivity contribution in [1.29, 1.82) is 0 Å². The number of carbonyl (C=O) groups excluding carboxylic acids is 1. The first-order valence-corrected chi connectivity index (χ1v) is 8.21. The van der Waals surface area contributed by atoms with Gasteiger partial charge in [0, 0.05) is 12.2 Å². The molecule has 0 radical (unpaired) electrons. The topological polar surface area (TPSA) is 63.6 Å². The molecule has 0 spiro atoms. The third-order valence-corrected chi connectivity index (χ3v) is 3.40. The average Bonchev–Trinajstić information content (AvgIpc) is 2.45. The third kappa shape index (κ3) is 13.4. The lowest BCUT2D eigenvalue weighted by molar-refractivity contribution is -0.144. The number of aliphatic carboxylic acids is 1. The van der Waals surface area contributed by atoms with E-state index in [1.165, 1.54) is 25.7 Å². The van der Waals surface area contributed by atoms with Gasteiger partial charge in [-0.05, 0) is 25.7 Å². The zero-order chi connectivity index (χ0) is 15.9. The minimum absolute atomic E-state index is 0.0795. The Labute approximate surface area is 128 Å². The second-order valence-corrected chi connectivity index (χ2v) is 5.43. The fourth-order valence-electron chi connectivity index (χ4n) is 2.20. The third-order valence-electron chi connectivity index (χ3n) is 3.40. The van der Waals surface area contributed by atoms with Crippen LogP contribution >= 0.6 is 0 Å². The van der Waals surface area contributed by atoms with E-state index < -0.39 is 11.9 Å². The van der Waals surface area contributed by atoms with Crippen molar-refractivity contribution >= 4 is 11.9 Å². The van der Waals surface area contributed by atoms with E-state index >= 15 is 0 Å². The molecule has 1 atom stereocenters. The van der Waals surface area contributed by atoms with Gasteiger partial charge in [0.1, 0.15) is 6.10 Å². The summed E-state index contributed by atoms with van der Waals surface area (Å²) >= 11 is 0. The number of carboxylic acid groups (broad SMARTS) is 1. The Hall–Kier alpha value is -1.32. The van der Waals surface area contributed by atoms with Crippen LogP contribution in [-0.2, 0) is 14.3 Å². The van der Waals surface area contributed by atoms with Gasteiger partial charge >= 0.3 is 11.9 Å². The fourth-order valence-corrected chi connectivity index (χ4v) is 2.20. The zero-order valence-corrected chi connectivity index (χ0v) is 13.5. The number of hydrogen-bond acceptors (Lipinski definition) is 3. The lowest BCUT2D eigenvalue weighted by Gasteiger charge is -2.17. The Bertz CT molecular complexity index is 310. The van der Waals surface area contributed by atoms with Gasteiger partial charge < -0.3 is 9.84 Å². The van der Waals surface area contributed by atoms with Crippen LogP contribution in [0.5, 0.6) is 0 Å². The number of unbranched alkanes of at least 4 members (excludes halogenated alkanes) is 6. The van der Waals surface area contributed by atoms with Crippen LogP contribution in [0.2, 0.25) is 0 Å². The van der Waals surface area contributed by atoms with Crippen LogP contribution < -0.4 is 0 Å². The largest absolute Gasteiger partial charge is 0.478 e. The standard InChI is InChI=1S/C17H30O4/c1-3-5-7-8-10-12-15(11-9-6-4-2)21-17(20)14-13-16(18)19/h13-15H,3-12H2,1-2H3,(H,18,19). The molecular formula is C17H30O4. The minimum atomic E-state index is -1.13. The predicted molar refractivity (Wildman–Crippen MR) is 84.2 cm³/mol. The summed E-state index contributed by atoms with van der Waals surface area (Å²) in [6.45, 7) is 4.32. The van der Waals surface area contributed by atoms with Crippen molar-refractivity contribution in [2.45, 2.75) is 84.2 Å². The van der Waals surface area contributed by atoms with Gasteiger partial charge in [-0.15, -0.1) is 0 Å². The van der Waals surface area contributed by atoms with Gasteiger partial charge in [0.05, 0.1) is 0 Å². The highest BCUT2D eigenvalue weighted by Crippen LogP contribution is 2.15. The van der Waals surface area contributed by atoms with Crippen LogP contribution in [0, 0.1) is 0 Å². The quantitative estimate of drug-likeness (QED) is 0.309. The lowest BCUT2D eigenvalue weighted by atomic mass is 10.0. The van der Waals surface area contributed by atoms with Crippen molar-refractivity contribution in [3.05, 3.63) is 12.2 Å². The molecule has 0 saturated carbocycles. The van der Waals surface area contributed by atoms with Gasteiger partial charge in [0.2, 0.25) is 0 Å². The molecule has 0 aromatic carbocycles. The van der Waals surface area contributed by atoms with E-state index in [0.29, 0.717) is 0 Å². The smallest absolute Gasteiger partial charge is 0.331 e. The molecule has 4 heteroatoms. The first-order valence-electron chi connectivity index (χ1n) is 8.21. The number of rotatable bonds is 13. The van der Waals surface area contributed by atoms with Gasteiger partial charge in [-0.25, -0.2) is 9.59 Å². The molecule has 0 aromatic heterocycles. The Morgan fingerprint density at radius 2 is 1.43 bits per heavy atom. The van der Waals surface area contributed by atoms with Gasteiger partial charge in [-0.1, -0.05) is 52.4 Å². The van der Waals surface area contributed by atoms with Gasteiger partial charge in [-0.3, -0.25) is 0 Å². The number of esters is 1. The van der Waals surface area contributed by atoms with E-state index in [9.17, 15) is 9.59 Å². The fraction of sp³-hybridized carbons (Fsp3) is 0.765. The molecule has 0 heterocycles. The van der Waals surface area contributed by atoms with E-state index in [0.717, 1.165) is 50.7 Å². The van der Waals surface area contributed by atoms with Crippen molar-refractivity contribution in [3.8, 4) is 0 Å². The molecule has 0 amide bonds. The SMILES string of the molecule is CCCCCCCC(CCCCC)OC(=O)C=CC(=O)O. The molecule has 0 saturated heterocycles.